The van der Waals surface area contributed by atoms with Crippen LogP contribution in [0.2, 0.25) is 0 Å². The lowest BCUT2D eigenvalue weighted by Crippen LogP contribution is -2.68. The van der Waals surface area contributed by atoms with Crippen molar-refractivity contribution in [2.75, 3.05) is 11.5 Å². The normalized spacial score (nSPS) is 35.8. The molecule has 3 aliphatic rings. The Labute approximate surface area is 120 Å². The Bertz CT molecular complexity index is 627. The fraction of sp³-hybridized carbons (Fsp3) is 0.636. The number of nitrogens with two attached hydrogens (primary N) is 1. The zero-order valence-corrected chi connectivity index (χ0v) is 12.1. The van der Waals surface area contributed by atoms with E-state index >= 15 is 0 Å². The summed E-state index contributed by atoms with van der Waals surface area (Å²) < 4.78 is 24.0. The van der Waals surface area contributed by atoms with Crippen molar-refractivity contribution in [1.82, 2.24) is 4.90 Å². The van der Waals surface area contributed by atoms with Crippen LogP contribution < -0.4 is 5.73 Å². The number of thioether (sulfide) groups is 1. The Morgan fingerprint density at radius 1 is 1.45 bits per heavy atom. The summed E-state index contributed by atoms with van der Waals surface area (Å²) in [7, 11) is -3.30. The lowest BCUT2D eigenvalue weighted by Gasteiger charge is -2.48. The summed E-state index contributed by atoms with van der Waals surface area (Å²) in [5.41, 5.74) is 5.82. The lowest BCUT2D eigenvalue weighted by molar-refractivity contribution is -0.148. The molecule has 1 amide bonds. The number of amides is 1. The molecule has 0 aromatic heterocycles. The largest absolute Gasteiger partial charge is 0.477 e. The van der Waals surface area contributed by atoms with Crippen LogP contribution in [0.4, 0.5) is 0 Å². The smallest absolute Gasteiger partial charge is 0.352 e. The molecule has 2 unspecified atom stereocenters. The van der Waals surface area contributed by atoms with Crippen LogP contribution >= 0.6 is 11.8 Å². The fourth-order valence-corrected chi connectivity index (χ4v) is 6.45. The first kappa shape index (κ1) is 13.9. The molecule has 7 nitrogen and oxygen atoms in total. The molecule has 3 heterocycles. The summed E-state index contributed by atoms with van der Waals surface area (Å²) in [4.78, 5) is 24.4. The SMILES string of the molecule is NC1C(=O)N2C(C(=O)O)=C(C3CCCS3(=O)=O)CS[C@@H]12. The molecule has 0 spiro atoms. The van der Waals surface area contributed by atoms with Crippen molar-refractivity contribution in [3.05, 3.63) is 11.3 Å². The number of carboxylic acid groups (broad SMARTS) is 1. The Balaban J connectivity index is 2.07. The van der Waals surface area contributed by atoms with Gasteiger partial charge in [-0.2, -0.15) is 0 Å². The van der Waals surface area contributed by atoms with Crippen molar-refractivity contribution in [2.45, 2.75) is 29.5 Å². The summed E-state index contributed by atoms with van der Waals surface area (Å²) in [6.07, 6.45) is 0.957. The van der Waals surface area contributed by atoms with Crippen molar-refractivity contribution >= 4 is 33.5 Å². The zero-order chi connectivity index (χ0) is 14.7. The molecular weight excluding hydrogens is 304 g/mol. The quantitative estimate of drug-likeness (QED) is 0.636. The third-order valence-corrected chi connectivity index (χ3v) is 7.53. The van der Waals surface area contributed by atoms with Gasteiger partial charge in [-0.3, -0.25) is 9.69 Å². The van der Waals surface area contributed by atoms with Gasteiger partial charge in [-0.15, -0.1) is 11.8 Å². The first-order valence-electron chi connectivity index (χ1n) is 6.23. The number of aliphatic carboxylic acids is 1. The number of β-lactam (4-membered cyclic amide) rings is 1. The molecule has 110 valence electrons. The van der Waals surface area contributed by atoms with E-state index in [0.717, 1.165) is 4.90 Å². The minimum Gasteiger partial charge on any atom is -0.477 e. The number of carbonyl (C=O) groups excluding carboxylic acids is 1. The number of carboxylic acids is 1. The van der Waals surface area contributed by atoms with Gasteiger partial charge in [0.05, 0.1) is 11.0 Å². The lowest BCUT2D eigenvalue weighted by atomic mass is 10.0. The van der Waals surface area contributed by atoms with E-state index in [2.05, 4.69) is 0 Å². The van der Waals surface area contributed by atoms with Gasteiger partial charge >= 0.3 is 5.97 Å². The second-order valence-corrected chi connectivity index (χ2v) is 8.52. The van der Waals surface area contributed by atoms with Gasteiger partial charge in [-0.1, -0.05) is 0 Å². The van der Waals surface area contributed by atoms with Gasteiger partial charge in [0.2, 0.25) is 5.91 Å². The molecule has 3 aliphatic heterocycles. The van der Waals surface area contributed by atoms with E-state index < -0.39 is 33.0 Å². The zero-order valence-electron chi connectivity index (χ0n) is 10.5. The van der Waals surface area contributed by atoms with Crippen LogP contribution in [-0.4, -0.2) is 58.5 Å². The van der Waals surface area contributed by atoms with E-state index in [9.17, 15) is 23.1 Å². The number of rotatable bonds is 2. The van der Waals surface area contributed by atoms with Crippen LogP contribution in [0.25, 0.3) is 0 Å². The summed E-state index contributed by atoms with van der Waals surface area (Å²) in [5, 5.41) is 8.21. The molecule has 0 bridgehead atoms. The summed E-state index contributed by atoms with van der Waals surface area (Å²) in [6, 6.07) is -0.698. The molecule has 3 rings (SSSR count). The average Bonchev–Trinajstić information content (AvgIpc) is 2.75. The van der Waals surface area contributed by atoms with Crippen molar-refractivity contribution in [3.8, 4) is 0 Å². The molecule has 0 radical (unpaired) electrons. The first-order chi connectivity index (χ1) is 9.34. The van der Waals surface area contributed by atoms with Crippen molar-refractivity contribution in [3.63, 3.8) is 0 Å². The maximum Gasteiger partial charge on any atom is 0.352 e. The third kappa shape index (κ3) is 1.80. The fourth-order valence-electron chi connectivity index (χ4n) is 2.97. The molecule has 3 N–H and O–H groups in total. The first-order valence-corrected chi connectivity index (χ1v) is 8.99. The molecule has 20 heavy (non-hydrogen) atoms. The summed E-state index contributed by atoms with van der Waals surface area (Å²) in [5.74, 6) is -1.33. The van der Waals surface area contributed by atoms with E-state index in [0.29, 0.717) is 24.2 Å². The molecule has 9 heteroatoms. The van der Waals surface area contributed by atoms with Gasteiger partial charge in [0, 0.05) is 5.75 Å². The van der Waals surface area contributed by atoms with Gasteiger partial charge in [-0.25, -0.2) is 13.2 Å². The topological polar surface area (TPSA) is 118 Å². The standard InChI is InChI=1S/C11H14N2O5S2/c12-7-9(14)13-8(11(15)16)5(4-19-10(7)13)6-2-1-3-20(6,17)18/h6-7,10H,1-4,12H2,(H,15,16)/t6?,7?,10-/m0/s1. The Morgan fingerprint density at radius 3 is 2.70 bits per heavy atom. The third-order valence-electron chi connectivity index (χ3n) is 3.96. The minimum atomic E-state index is -3.30. The average molecular weight is 318 g/mol. The van der Waals surface area contributed by atoms with Gasteiger partial charge in [0.1, 0.15) is 17.1 Å². The maximum atomic E-state index is 12.0. The highest BCUT2D eigenvalue weighted by molar-refractivity contribution is 8.00. The Morgan fingerprint density at radius 2 is 2.15 bits per heavy atom. The van der Waals surface area contributed by atoms with E-state index in [1.165, 1.54) is 11.8 Å². The van der Waals surface area contributed by atoms with Crippen LogP contribution in [0.1, 0.15) is 12.8 Å². The van der Waals surface area contributed by atoms with Gasteiger partial charge < -0.3 is 10.8 Å². The molecule has 0 aromatic rings. The molecule has 0 aromatic carbocycles. The second kappa shape index (κ2) is 4.47. The number of hydrogen-bond donors (Lipinski definition) is 2. The highest BCUT2D eigenvalue weighted by Gasteiger charge is 2.53. The summed E-state index contributed by atoms with van der Waals surface area (Å²) >= 11 is 1.34. The number of sulfone groups is 1. The van der Waals surface area contributed by atoms with E-state index in [-0.39, 0.29) is 16.8 Å². The van der Waals surface area contributed by atoms with Gasteiger partial charge in [0.25, 0.3) is 0 Å². The predicted octanol–water partition coefficient (Wildman–Crippen LogP) is -0.855. The number of hydrogen-bond acceptors (Lipinski definition) is 6. The van der Waals surface area contributed by atoms with E-state index in [1.807, 2.05) is 0 Å². The van der Waals surface area contributed by atoms with E-state index in [1.54, 1.807) is 0 Å². The highest BCUT2D eigenvalue weighted by Crippen LogP contribution is 2.43. The molecule has 2 fully saturated rings. The highest BCUT2D eigenvalue weighted by atomic mass is 32.2. The summed E-state index contributed by atoms with van der Waals surface area (Å²) in [6.45, 7) is 0. The number of carbonyl (C=O) groups is 2. The number of nitrogens with zero attached hydrogens (tertiary/aromatic N) is 1. The molecule has 0 saturated carbocycles. The molecular formula is C11H14N2O5S2. The Hall–Kier alpha value is -1.06. The molecule has 0 aliphatic carbocycles. The van der Waals surface area contributed by atoms with Gasteiger partial charge in [-0.05, 0) is 18.4 Å². The predicted molar refractivity (Wildman–Crippen MR) is 72.5 cm³/mol. The second-order valence-electron chi connectivity index (χ2n) is 5.11. The van der Waals surface area contributed by atoms with Crippen LogP contribution in [0.3, 0.4) is 0 Å². The van der Waals surface area contributed by atoms with Crippen LogP contribution in [0.15, 0.2) is 11.3 Å². The minimum absolute atomic E-state index is 0.0790. The maximum absolute atomic E-state index is 12.0. The molecule has 3 atom stereocenters. The van der Waals surface area contributed by atoms with Crippen LogP contribution in [0.5, 0.6) is 0 Å². The van der Waals surface area contributed by atoms with Crippen LogP contribution in [0, 0.1) is 0 Å². The van der Waals surface area contributed by atoms with Crippen molar-refractivity contribution < 1.29 is 23.1 Å². The monoisotopic (exact) mass is 318 g/mol. The van der Waals surface area contributed by atoms with E-state index in [4.69, 9.17) is 5.73 Å². The van der Waals surface area contributed by atoms with Crippen molar-refractivity contribution in [1.29, 1.82) is 0 Å². The van der Waals surface area contributed by atoms with Gasteiger partial charge in [0.15, 0.2) is 9.84 Å². The number of fused-ring (bicyclic) bond motifs is 1. The van der Waals surface area contributed by atoms with Crippen LogP contribution in [-0.2, 0) is 19.4 Å². The Kier molecular flexibility index (Phi) is 3.11. The molecule has 2 saturated heterocycles. The van der Waals surface area contributed by atoms with Crippen molar-refractivity contribution in [2.24, 2.45) is 5.73 Å².